The minimum absolute atomic E-state index is 0. The molecular formula is C25H31IN6O. The molecular weight excluding hydrogens is 527 g/mol. The van der Waals surface area contributed by atoms with E-state index in [4.69, 9.17) is 4.99 Å². The van der Waals surface area contributed by atoms with Crippen molar-refractivity contribution < 1.29 is 4.79 Å². The first-order valence-corrected chi connectivity index (χ1v) is 11.2. The summed E-state index contributed by atoms with van der Waals surface area (Å²) in [7, 11) is 0. The highest BCUT2D eigenvalue weighted by Crippen LogP contribution is 2.26. The van der Waals surface area contributed by atoms with Crippen LogP contribution in [0.25, 0.3) is 0 Å². The monoisotopic (exact) mass is 558 g/mol. The fourth-order valence-electron chi connectivity index (χ4n) is 3.99. The van der Waals surface area contributed by atoms with Gasteiger partial charge >= 0.3 is 0 Å². The molecule has 1 amide bonds. The molecule has 2 aromatic carbocycles. The van der Waals surface area contributed by atoms with Crippen molar-refractivity contribution in [2.45, 2.75) is 32.9 Å². The predicted octanol–water partition coefficient (Wildman–Crippen LogP) is 3.58. The number of guanidine groups is 1. The first-order valence-electron chi connectivity index (χ1n) is 11.2. The summed E-state index contributed by atoms with van der Waals surface area (Å²) >= 11 is 0. The number of aryl methyl sites for hydroxylation is 1. The molecule has 3 aromatic rings. The van der Waals surface area contributed by atoms with Crippen LogP contribution in [0.15, 0.2) is 72.0 Å². The zero-order chi connectivity index (χ0) is 22.2. The van der Waals surface area contributed by atoms with Gasteiger partial charge in [-0.05, 0) is 48.6 Å². The lowest BCUT2D eigenvalue weighted by Crippen LogP contribution is -2.46. The van der Waals surface area contributed by atoms with E-state index in [-0.39, 0.29) is 36.4 Å². The lowest BCUT2D eigenvalue weighted by molar-refractivity contribution is -0.117. The summed E-state index contributed by atoms with van der Waals surface area (Å²) in [5.74, 6) is 0.696. The van der Waals surface area contributed by atoms with Crippen molar-refractivity contribution in [3.8, 4) is 0 Å². The van der Waals surface area contributed by atoms with Crippen LogP contribution in [0.3, 0.4) is 0 Å². The SMILES string of the molecule is CCNC(=NCc1ccccc1Cn1cccn1)NCC(=O)N1CCCc2ccccc21.I. The number of halogens is 1. The molecule has 0 saturated carbocycles. The van der Waals surface area contributed by atoms with E-state index in [0.29, 0.717) is 19.0 Å². The normalized spacial score (nSPS) is 13.1. The number of aliphatic imine (C=N–C) groups is 1. The van der Waals surface area contributed by atoms with Crippen molar-refractivity contribution in [3.05, 3.63) is 83.7 Å². The molecule has 1 aliphatic rings. The summed E-state index contributed by atoms with van der Waals surface area (Å²) < 4.78 is 1.90. The molecule has 8 heteroatoms. The van der Waals surface area contributed by atoms with E-state index in [2.05, 4.69) is 33.9 Å². The van der Waals surface area contributed by atoms with Gasteiger partial charge in [0, 0.05) is 31.2 Å². The molecule has 0 bridgehead atoms. The molecule has 1 aromatic heterocycles. The predicted molar refractivity (Wildman–Crippen MR) is 143 cm³/mol. The number of nitrogens with zero attached hydrogens (tertiary/aromatic N) is 4. The summed E-state index contributed by atoms with van der Waals surface area (Å²) in [6.07, 6.45) is 5.75. The Kier molecular flexibility index (Phi) is 9.29. The lowest BCUT2D eigenvalue weighted by Gasteiger charge is -2.29. The Hall–Kier alpha value is -2.88. The molecule has 0 fully saturated rings. The molecule has 33 heavy (non-hydrogen) atoms. The van der Waals surface area contributed by atoms with Crippen LogP contribution in [0.2, 0.25) is 0 Å². The van der Waals surface area contributed by atoms with Gasteiger partial charge in [0.1, 0.15) is 0 Å². The van der Waals surface area contributed by atoms with Gasteiger partial charge in [0.25, 0.3) is 0 Å². The number of rotatable bonds is 7. The van der Waals surface area contributed by atoms with E-state index in [9.17, 15) is 4.79 Å². The van der Waals surface area contributed by atoms with Crippen LogP contribution in [0.4, 0.5) is 5.69 Å². The number of carbonyl (C=O) groups is 1. The summed E-state index contributed by atoms with van der Waals surface area (Å²) in [5.41, 5.74) is 4.58. The quantitative estimate of drug-likeness (QED) is 0.264. The second kappa shape index (κ2) is 12.4. The molecule has 4 rings (SSSR count). The van der Waals surface area contributed by atoms with Gasteiger partial charge in [0.2, 0.25) is 5.91 Å². The molecule has 1 aliphatic heterocycles. The third-order valence-corrected chi connectivity index (χ3v) is 5.58. The summed E-state index contributed by atoms with van der Waals surface area (Å²) in [5, 5.41) is 10.8. The standard InChI is InChI=1S/C25H30N6O.HI/c1-2-26-25(27-17-21-10-3-4-11-22(21)19-30-15-8-14-29-30)28-18-24(32)31-16-7-12-20-9-5-6-13-23(20)31;/h3-6,8-11,13-15H,2,7,12,16-19H2,1H3,(H2,26,27,28);1H. The maximum Gasteiger partial charge on any atom is 0.246 e. The van der Waals surface area contributed by atoms with Gasteiger partial charge in [0.05, 0.1) is 19.6 Å². The van der Waals surface area contributed by atoms with Crippen LogP contribution in [-0.2, 0) is 24.3 Å². The van der Waals surface area contributed by atoms with E-state index in [0.717, 1.165) is 37.2 Å². The van der Waals surface area contributed by atoms with Gasteiger partial charge in [-0.2, -0.15) is 5.10 Å². The van der Waals surface area contributed by atoms with Gasteiger partial charge < -0.3 is 15.5 Å². The van der Waals surface area contributed by atoms with E-state index < -0.39 is 0 Å². The molecule has 2 N–H and O–H groups in total. The van der Waals surface area contributed by atoms with Crippen molar-refractivity contribution in [2.75, 3.05) is 24.5 Å². The zero-order valence-corrected chi connectivity index (χ0v) is 21.2. The number of para-hydroxylation sites is 1. The smallest absolute Gasteiger partial charge is 0.246 e. The minimum Gasteiger partial charge on any atom is -0.357 e. The van der Waals surface area contributed by atoms with Crippen molar-refractivity contribution in [1.29, 1.82) is 0 Å². The third kappa shape index (κ3) is 6.56. The Morgan fingerprint density at radius 3 is 2.64 bits per heavy atom. The first-order chi connectivity index (χ1) is 15.7. The third-order valence-electron chi connectivity index (χ3n) is 5.58. The number of aromatic nitrogens is 2. The number of carbonyl (C=O) groups excluding carboxylic acids is 1. The molecule has 0 atom stereocenters. The molecule has 2 heterocycles. The molecule has 0 spiro atoms. The van der Waals surface area contributed by atoms with Gasteiger partial charge in [-0.25, -0.2) is 4.99 Å². The Labute approximate surface area is 212 Å². The van der Waals surface area contributed by atoms with Crippen molar-refractivity contribution in [1.82, 2.24) is 20.4 Å². The largest absolute Gasteiger partial charge is 0.357 e. The van der Waals surface area contributed by atoms with E-state index in [1.165, 1.54) is 11.1 Å². The highest BCUT2D eigenvalue weighted by Gasteiger charge is 2.22. The average molecular weight is 558 g/mol. The van der Waals surface area contributed by atoms with Crippen LogP contribution < -0.4 is 15.5 Å². The number of fused-ring (bicyclic) bond motifs is 1. The minimum atomic E-state index is 0. The second-order valence-electron chi connectivity index (χ2n) is 7.80. The number of benzene rings is 2. The highest BCUT2D eigenvalue weighted by molar-refractivity contribution is 14.0. The van der Waals surface area contributed by atoms with Crippen LogP contribution in [0.5, 0.6) is 0 Å². The highest BCUT2D eigenvalue weighted by atomic mass is 127. The number of anilines is 1. The molecule has 0 radical (unpaired) electrons. The Morgan fingerprint density at radius 2 is 1.85 bits per heavy atom. The Bertz CT molecular complexity index is 1070. The Morgan fingerprint density at radius 1 is 1.06 bits per heavy atom. The molecule has 0 aliphatic carbocycles. The zero-order valence-electron chi connectivity index (χ0n) is 18.9. The molecule has 0 saturated heterocycles. The van der Waals surface area contributed by atoms with Crippen LogP contribution in [0.1, 0.15) is 30.0 Å². The number of hydrogen-bond donors (Lipinski definition) is 2. The Balaban J connectivity index is 0.00000306. The van der Waals surface area contributed by atoms with E-state index >= 15 is 0 Å². The fraction of sp³-hybridized carbons (Fsp3) is 0.320. The van der Waals surface area contributed by atoms with Crippen molar-refractivity contribution in [2.24, 2.45) is 4.99 Å². The van der Waals surface area contributed by atoms with Gasteiger partial charge in [-0.15, -0.1) is 24.0 Å². The van der Waals surface area contributed by atoms with E-state index in [1.807, 2.05) is 59.1 Å². The fourth-order valence-corrected chi connectivity index (χ4v) is 3.99. The number of amides is 1. The maximum absolute atomic E-state index is 12.9. The van der Waals surface area contributed by atoms with Crippen LogP contribution in [-0.4, -0.2) is 41.3 Å². The summed E-state index contributed by atoms with van der Waals surface area (Å²) in [6, 6.07) is 18.3. The van der Waals surface area contributed by atoms with Crippen LogP contribution >= 0.6 is 24.0 Å². The van der Waals surface area contributed by atoms with Gasteiger partial charge in [0.15, 0.2) is 5.96 Å². The van der Waals surface area contributed by atoms with E-state index in [1.54, 1.807) is 6.20 Å². The van der Waals surface area contributed by atoms with Crippen LogP contribution in [0, 0.1) is 0 Å². The summed E-state index contributed by atoms with van der Waals surface area (Å²) in [6.45, 7) is 4.93. The maximum atomic E-state index is 12.9. The van der Waals surface area contributed by atoms with Gasteiger partial charge in [-0.1, -0.05) is 42.5 Å². The average Bonchev–Trinajstić information content (AvgIpc) is 3.34. The van der Waals surface area contributed by atoms with Gasteiger partial charge in [-0.3, -0.25) is 9.48 Å². The second-order valence-corrected chi connectivity index (χ2v) is 7.80. The van der Waals surface area contributed by atoms with Crippen molar-refractivity contribution >= 4 is 41.5 Å². The lowest BCUT2D eigenvalue weighted by atomic mass is 10.0. The topological polar surface area (TPSA) is 74.5 Å². The molecule has 0 unspecified atom stereocenters. The molecule has 7 nitrogen and oxygen atoms in total. The summed E-state index contributed by atoms with van der Waals surface area (Å²) in [4.78, 5) is 19.6. The van der Waals surface area contributed by atoms with Crippen molar-refractivity contribution in [3.63, 3.8) is 0 Å². The molecule has 174 valence electrons. The first kappa shape index (κ1) is 24.8. The number of hydrogen-bond acceptors (Lipinski definition) is 3. The number of nitrogens with one attached hydrogen (secondary N) is 2.